The molecule has 0 unspecified atom stereocenters. The van der Waals surface area contributed by atoms with E-state index >= 15 is 0 Å². The van der Waals surface area contributed by atoms with Crippen molar-refractivity contribution in [3.8, 4) is 11.3 Å². The summed E-state index contributed by atoms with van der Waals surface area (Å²) in [5.74, 6) is 0.359. The van der Waals surface area contributed by atoms with Crippen LogP contribution in [0.3, 0.4) is 0 Å². The second-order valence-electron chi connectivity index (χ2n) is 5.82. The molecule has 0 aliphatic carbocycles. The van der Waals surface area contributed by atoms with E-state index in [-0.39, 0.29) is 5.91 Å². The fraction of sp³-hybridized carbons (Fsp3) is 0.278. The number of imidazole rings is 1. The number of aromatic nitrogens is 3. The van der Waals surface area contributed by atoms with Gasteiger partial charge in [-0.25, -0.2) is 9.29 Å². The largest absolute Gasteiger partial charge is 0.355 e. The van der Waals surface area contributed by atoms with Gasteiger partial charge in [0.1, 0.15) is 0 Å². The summed E-state index contributed by atoms with van der Waals surface area (Å²) in [6.45, 7) is 1.39. The van der Waals surface area contributed by atoms with Gasteiger partial charge in [-0.15, -0.1) is 0 Å². The van der Waals surface area contributed by atoms with Crippen molar-refractivity contribution in [1.82, 2.24) is 24.3 Å². The highest BCUT2D eigenvalue weighted by atomic mass is 32.2. The van der Waals surface area contributed by atoms with Gasteiger partial charge < -0.3 is 14.4 Å². The van der Waals surface area contributed by atoms with Gasteiger partial charge >= 0.3 is 0 Å². The Morgan fingerprint density at radius 1 is 1.35 bits per heavy atom. The van der Waals surface area contributed by atoms with E-state index in [1.165, 1.54) is 0 Å². The monoisotopic (exact) mass is 371 g/mol. The van der Waals surface area contributed by atoms with E-state index in [0.717, 1.165) is 23.7 Å². The van der Waals surface area contributed by atoms with Gasteiger partial charge in [0.15, 0.2) is 16.6 Å². The minimum absolute atomic E-state index is 0.227. The third-order valence-electron chi connectivity index (χ3n) is 3.75. The average Bonchev–Trinajstić information content (AvgIpc) is 3.29. The predicted molar refractivity (Wildman–Crippen MR) is 101 cm³/mol. The molecule has 1 aromatic carbocycles. The molecular weight excluding hydrogens is 350 g/mol. The Morgan fingerprint density at radius 3 is 2.88 bits per heavy atom. The summed E-state index contributed by atoms with van der Waals surface area (Å²) in [6.07, 6.45) is 4.51. The molecule has 8 heteroatoms. The number of aryl methyl sites for hydroxylation is 1. The number of hydrogen-bond donors (Lipinski definition) is 1. The number of amides is 1. The van der Waals surface area contributed by atoms with Crippen molar-refractivity contribution in [2.24, 2.45) is 7.05 Å². The summed E-state index contributed by atoms with van der Waals surface area (Å²) < 4.78 is 9.32. The van der Waals surface area contributed by atoms with Crippen LogP contribution >= 0.6 is 11.9 Å². The van der Waals surface area contributed by atoms with Crippen LogP contribution in [0.4, 0.5) is 0 Å². The van der Waals surface area contributed by atoms with Crippen LogP contribution in [0.5, 0.6) is 0 Å². The van der Waals surface area contributed by atoms with Crippen LogP contribution in [-0.2, 0) is 7.05 Å². The number of rotatable bonds is 8. The molecule has 0 aliphatic heterocycles. The van der Waals surface area contributed by atoms with Crippen LogP contribution in [0.15, 0.2) is 58.5 Å². The van der Waals surface area contributed by atoms with Gasteiger partial charge in [-0.2, -0.15) is 0 Å². The summed E-state index contributed by atoms with van der Waals surface area (Å²) in [4.78, 5) is 16.4. The molecule has 0 fully saturated rings. The molecule has 0 saturated carbocycles. The lowest BCUT2D eigenvalue weighted by molar-refractivity contribution is 0.0944. The van der Waals surface area contributed by atoms with Gasteiger partial charge in [-0.1, -0.05) is 35.5 Å². The van der Waals surface area contributed by atoms with Crippen molar-refractivity contribution in [3.05, 3.63) is 54.5 Å². The quantitative estimate of drug-likeness (QED) is 0.485. The fourth-order valence-electron chi connectivity index (χ4n) is 2.34. The first-order chi connectivity index (χ1) is 12.6. The zero-order chi connectivity index (χ0) is 18.4. The standard InChI is InChI=1S/C18H21N5O2S/c1-22-12-10-20-18(22)26-23(2)11-6-9-19-17(24)15-13-16(25-21-15)14-7-4-3-5-8-14/h3-5,7-8,10,12-13H,6,9,11H2,1-2H3,(H,19,24). The van der Waals surface area contributed by atoms with Crippen LogP contribution in [0.2, 0.25) is 0 Å². The highest BCUT2D eigenvalue weighted by molar-refractivity contribution is 7.96. The van der Waals surface area contributed by atoms with Gasteiger partial charge in [0.25, 0.3) is 5.91 Å². The number of nitrogens with zero attached hydrogens (tertiary/aromatic N) is 4. The summed E-state index contributed by atoms with van der Waals surface area (Å²) >= 11 is 1.58. The maximum absolute atomic E-state index is 12.2. The average molecular weight is 371 g/mol. The summed E-state index contributed by atoms with van der Waals surface area (Å²) in [5, 5.41) is 7.66. The van der Waals surface area contributed by atoms with E-state index in [1.807, 2.05) is 55.2 Å². The first kappa shape index (κ1) is 18.2. The molecule has 7 nitrogen and oxygen atoms in total. The Labute approximate surface area is 156 Å². The molecule has 2 aromatic heterocycles. The van der Waals surface area contributed by atoms with Crippen LogP contribution < -0.4 is 5.32 Å². The summed E-state index contributed by atoms with van der Waals surface area (Å²) in [5.41, 5.74) is 1.19. The van der Waals surface area contributed by atoms with Crippen molar-refractivity contribution in [3.63, 3.8) is 0 Å². The second-order valence-corrected chi connectivity index (χ2v) is 6.99. The molecule has 1 amide bonds. The van der Waals surface area contributed by atoms with Crippen molar-refractivity contribution in [2.45, 2.75) is 11.6 Å². The molecule has 3 rings (SSSR count). The van der Waals surface area contributed by atoms with E-state index in [0.29, 0.717) is 18.0 Å². The van der Waals surface area contributed by atoms with Crippen LogP contribution in [0.25, 0.3) is 11.3 Å². The molecule has 0 saturated heterocycles. The molecule has 0 atom stereocenters. The molecule has 0 aliphatic rings. The number of nitrogens with one attached hydrogen (secondary N) is 1. The zero-order valence-electron chi connectivity index (χ0n) is 14.8. The van der Waals surface area contributed by atoms with Crippen molar-refractivity contribution in [2.75, 3.05) is 20.1 Å². The maximum Gasteiger partial charge on any atom is 0.273 e. The molecule has 3 aromatic rings. The lowest BCUT2D eigenvalue weighted by Crippen LogP contribution is -2.27. The van der Waals surface area contributed by atoms with Gasteiger partial charge in [-0.05, 0) is 25.4 Å². The van der Waals surface area contributed by atoms with Crippen LogP contribution in [-0.4, -0.2) is 45.1 Å². The van der Waals surface area contributed by atoms with Crippen molar-refractivity contribution in [1.29, 1.82) is 0 Å². The molecular formula is C18H21N5O2S. The summed E-state index contributed by atoms with van der Waals surface area (Å²) in [6, 6.07) is 11.2. The fourth-order valence-corrected chi connectivity index (χ4v) is 3.14. The topological polar surface area (TPSA) is 76.2 Å². The van der Waals surface area contributed by atoms with Crippen LogP contribution in [0, 0.1) is 0 Å². The molecule has 26 heavy (non-hydrogen) atoms. The lowest BCUT2D eigenvalue weighted by atomic mass is 10.1. The normalized spacial score (nSPS) is 11.0. The minimum Gasteiger partial charge on any atom is -0.355 e. The molecule has 1 N–H and O–H groups in total. The molecule has 2 heterocycles. The van der Waals surface area contributed by atoms with E-state index in [2.05, 4.69) is 19.8 Å². The van der Waals surface area contributed by atoms with Gasteiger partial charge in [0.05, 0.1) is 0 Å². The Morgan fingerprint density at radius 2 is 2.15 bits per heavy atom. The Kier molecular flexibility index (Phi) is 6.08. The maximum atomic E-state index is 12.2. The number of carbonyl (C=O) groups excluding carboxylic acids is 1. The third-order valence-corrected chi connectivity index (χ3v) is 4.80. The van der Waals surface area contributed by atoms with Crippen molar-refractivity contribution < 1.29 is 9.32 Å². The van der Waals surface area contributed by atoms with Gasteiger partial charge in [-0.3, -0.25) is 4.79 Å². The number of hydrogen-bond acceptors (Lipinski definition) is 6. The lowest BCUT2D eigenvalue weighted by Gasteiger charge is -2.14. The SMILES string of the molecule is CN(CCCNC(=O)c1cc(-c2ccccc2)on1)Sc1nccn1C. The first-order valence-corrected chi connectivity index (χ1v) is 9.07. The van der Waals surface area contributed by atoms with E-state index in [9.17, 15) is 4.79 Å². The smallest absolute Gasteiger partial charge is 0.273 e. The Hall–Kier alpha value is -2.58. The minimum atomic E-state index is -0.227. The van der Waals surface area contributed by atoms with E-state index < -0.39 is 0 Å². The Bertz CT molecular complexity index is 846. The highest BCUT2D eigenvalue weighted by Gasteiger charge is 2.13. The first-order valence-electron chi connectivity index (χ1n) is 8.30. The van der Waals surface area contributed by atoms with Crippen molar-refractivity contribution >= 4 is 17.9 Å². The summed E-state index contributed by atoms with van der Waals surface area (Å²) in [7, 11) is 3.97. The molecule has 0 spiro atoms. The third kappa shape index (κ3) is 4.74. The number of carbonyl (C=O) groups is 1. The van der Waals surface area contributed by atoms with E-state index in [4.69, 9.17) is 4.52 Å². The van der Waals surface area contributed by atoms with Gasteiger partial charge in [0.2, 0.25) is 0 Å². The second kappa shape index (κ2) is 8.68. The molecule has 0 bridgehead atoms. The van der Waals surface area contributed by atoms with Gasteiger partial charge in [0, 0.05) is 44.2 Å². The Balaban J connectivity index is 1.42. The molecule has 0 radical (unpaired) electrons. The number of benzene rings is 1. The van der Waals surface area contributed by atoms with Crippen LogP contribution in [0.1, 0.15) is 16.9 Å². The predicted octanol–water partition coefficient (Wildman–Crippen LogP) is 2.83. The molecule has 136 valence electrons. The highest BCUT2D eigenvalue weighted by Crippen LogP contribution is 2.20. The van der Waals surface area contributed by atoms with E-state index in [1.54, 1.807) is 24.2 Å². The zero-order valence-corrected chi connectivity index (χ0v) is 15.6.